The summed E-state index contributed by atoms with van der Waals surface area (Å²) in [6, 6.07) is 0. The first kappa shape index (κ1) is 16.8. The fourth-order valence-corrected chi connectivity index (χ4v) is 3.81. The van der Waals surface area contributed by atoms with Crippen LogP contribution in [-0.2, 0) is 4.79 Å². The number of carbonyl (C=O) groups is 1. The van der Waals surface area contributed by atoms with Crippen molar-refractivity contribution >= 4 is 5.91 Å². The van der Waals surface area contributed by atoms with Gasteiger partial charge in [0.25, 0.3) is 0 Å². The van der Waals surface area contributed by atoms with E-state index in [0.717, 1.165) is 38.5 Å². The fourth-order valence-electron chi connectivity index (χ4n) is 3.81. The summed E-state index contributed by atoms with van der Waals surface area (Å²) >= 11 is 0. The van der Waals surface area contributed by atoms with Crippen molar-refractivity contribution in [3.63, 3.8) is 0 Å². The molecule has 0 aromatic heterocycles. The lowest BCUT2D eigenvalue weighted by atomic mass is 9.89. The van der Waals surface area contributed by atoms with Gasteiger partial charge in [-0.25, -0.2) is 0 Å². The zero-order chi connectivity index (χ0) is 15.1. The molecule has 122 valence electrons. The highest BCUT2D eigenvalue weighted by Gasteiger charge is 2.24. The maximum atomic E-state index is 12.4. The van der Waals surface area contributed by atoms with Gasteiger partial charge in [-0.05, 0) is 38.8 Å². The van der Waals surface area contributed by atoms with Crippen molar-refractivity contribution in [2.24, 2.45) is 11.8 Å². The Hall–Kier alpha value is -0.610. The molecule has 1 N–H and O–H groups in total. The first-order valence-electron chi connectivity index (χ1n) is 8.86. The molecule has 2 aliphatic rings. The number of hydrogen-bond acceptors (Lipinski definition) is 3. The molecular formula is C17H33N3O. The number of nitrogens with one attached hydrogen (secondary N) is 1. The van der Waals surface area contributed by atoms with Gasteiger partial charge >= 0.3 is 0 Å². The highest BCUT2D eigenvalue weighted by molar-refractivity contribution is 5.78. The van der Waals surface area contributed by atoms with E-state index in [1.165, 1.54) is 45.2 Å². The molecule has 0 aromatic carbocycles. The van der Waals surface area contributed by atoms with Crippen LogP contribution in [0.25, 0.3) is 0 Å². The monoisotopic (exact) mass is 295 g/mol. The van der Waals surface area contributed by atoms with Crippen molar-refractivity contribution in [2.75, 3.05) is 46.3 Å². The molecule has 2 rings (SSSR count). The standard InChI is InChI=1S/C17H33N3O/c1-15(13-18-2)17(21)20-10-6-9-19(11-12-20)14-16-7-4-3-5-8-16/h15-16,18H,3-14H2,1-2H3. The highest BCUT2D eigenvalue weighted by atomic mass is 16.2. The van der Waals surface area contributed by atoms with Gasteiger partial charge < -0.3 is 15.1 Å². The van der Waals surface area contributed by atoms with Crippen LogP contribution in [-0.4, -0.2) is 62.0 Å². The Morgan fingerprint density at radius 3 is 2.57 bits per heavy atom. The molecule has 2 fully saturated rings. The Morgan fingerprint density at radius 2 is 1.86 bits per heavy atom. The topological polar surface area (TPSA) is 35.6 Å². The SMILES string of the molecule is CNCC(C)C(=O)N1CCCN(CC2CCCCC2)CC1. The minimum absolute atomic E-state index is 0.0971. The molecule has 1 aliphatic carbocycles. The van der Waals surface area contributed by atoms with Gasteiger partial charge in [0.15, 0.2) is 0 Å². The molecule has 1 saturated heterocycles. The lowest BCUT2D eigenvalue weighted by Gasteiger charge is -2.29. The Kier molecular flexibility index (Phi) is 6.97. The predicted octanol–water partition coefficient (Wildman–Crippen LogP) is 1.96. The van der Waals surface area contributed by atoms with Gasteiger partial charge in [-0.15, -0.1) is 0 Å². The van der Waals surface area contributed by atoms with Crippen molar-refractivity contribution in [1.29, 1.82) is 0 Å². The third-order valence-corrected chi connectivity index (χ3v) is 5.07. The quantitative estimate of drug-likeness (QED) is 0.842. The fraction of sp³-hybridized carbons (Fsp3) is 0.941. The summed E-state index contributed by atoms with van der Waals surface area (Å²) in [7, 11) is 1.91. The maximum absolute atomic E-state index is 12.4. The van der Waals surface area contributed by atoms with Crippen molar-refractivity contribution in [2.45, 2.75) is 45.4 Å². The van der Waals surface area contributed by atoms with E-state index in [9.17, 15) is 4.79 Å². The van der Waals surface area contributed by atoms with Crippen molar-refractivity contribution in [3.05, 3.63) is 0 Å². The highest BCUT2D eigenvalue weighted by Crippen LogP contribution is 2.24. The van der Waals surface area contributed by atoms with Gasteiger partial charge in [0.05, 0.1) is 0 Å². The lowest BCUT2D eigenvalue weighted by Crippen LogP contribution is -2.41. The third kappa shape index (κ3) is 5.26. The minimum atomic E-state index is 0.0971. The number of hydrogen-bond donors (Lipinski definition) is 1. The van der Waals surface area contributed by atoms with Crippen LogP contribution in [0.4, 0.5) is 0 Å². The van der Waals surface area contributed by atoms with Crippen molar-refractivity contribution in [1.82, 2.24) is 15.1 Å². The van der Waals surface area contributed by atoms with E-state index in [-0.39, 0.29) is 5.92 Å². The molecule has 0 bridgehead atoms. The summed E-state index contributed by atoms with van der Waals surface area (Å²) < 4.78 is 0. The van der Waals surface area contributed by atoms with E-state index >= 15 is 0 Å². The maximum Gasteiger partial charge on any atom is 0.226 e. The number of rotatable bonds is 5. The number of amides is 1. The second kappa shape index (κ2) is 8.74. The number of carbonyl (C=O) groups excluding carboxylic acids is 1. The minimum Gasteiger partial charge on any atom is -0.341 e. The molecule has 1 unspecified atom stereocenters. The summed E-state index contributed by atoms with van der Waals surface area (Å²) in [4.78, 5) is 17.1. The normalized spacial score (nSPS) is 23.8. The molecule has 0 spiro atoms. The summed E-state index contributed by atoms with van der Waals surface area (Å²) in [6.45, 7) is 8.15. The average molecular weight is 295 g/mol. The van der Waals surface area contributed by atoms with Gasteiger partial charge in [-0.1, -0.05) is 26.2 Å². The molecule has 1 saturated carbocycles. The van der Waals surface area contributed by atoms with E-state index in [1.54, 1.807) is 0 Å². The molecule has 4 nitrogen and oxygen atoms in total. The molecule has 21 heavy (non-hydrogen) atoms. The van der Waals surface area contributed by atoms with E-state index < -0.39 is 0 Å². The van der Waals surface area contributed by atoms with Crippen LogP contribution in [0.15, 0.2) is 0 Å². The summed E-state index contributed by atoms with van der Waals surface area (Å²) in [5.41, 5.74) is 0. The van der Waals surface area contributed by atoms with Crippen LogP contribution >= 0.6 is 0 Å². The molecule has 1 amide bonds. The van der Waals surface area contributed by atoms with Crippen LogP contribution in [0.5, 0.6) is 0 Å². The zero-order valence-electron chi connectivity index (χ0n) is 13.9. The van der Waals surface area contributed by atoms with Gasteiger partial charge in [-0.3, -0.25) is 4.79 Å². The Morgan fingerprint density at radius 1 is 1.10 bits per heavy atom. The molecule has 1 aliphatic heterocycles. The Bertz CT molecular complexity index is 315. The lowest BCUT2D eigenvalue weighted by molar-refractivity contribution is -0.134. The van der Waals surface area contributed by atoms with E-state index in [0.29, 0.717) is 5.91 Å². The Labute approximate surface area is 130 Å². The van der Waals surface area contributed by atoms with Gasteiger partial charge in [0, 0.05) is 38.6 Å². The van der Waals surface area contributed by atoms with Gasteiger partial charge in [0.2, 0.25) is 5.91 Å². The number of nitrogens with zero attached hydrogens (tertiary/aromatic N) is 2. The zero-order valence-corrected chi connectivity index (χ0v) is 13.9. The smallest absolute Gasteiger partial charge is 0.226 e. The largest absolute Gasteiger partial charge is 0.341 e. The van der Waals surface area contributed by atoms with Crippen LogP contribution in [0.2, 0.25) is 0 Å². The van der Waals surface area contributed by atoms with E-state index in [4.69, 9.17) is 0 Å². The summed E-state index contributed by atoms with van der Waals surface area (Å²) in [5.74, 6) is 1.33. The second-order valence-corrected chi connectivity index (χ2v) is 6.94. The summed E-state index contributed by atoms with van der Waals surface area (Å²) in [6.07, 6.45) is 8.23. The Balaban J connectivity index is 1.77. The average Bonchev–Trinajstić information content (AvgIpc) is 2.73. The molecule has 0 aromatic rings. The summed E-state index contributed by atoms with van der Waals surface area (Å²) in [5, 5.41) is 3.11. The first-order chi connectivity index (χ1) is 10.2. The predicted molar refractivity (Wildman–Crippen MR) is 87.3 cm³/mol. The van der Waals surface area contributed by atoms with Gasteiger partial charge in [0.1, 0.15) is 0 Å². The third-order valence-electron chi connectivity index (χ3n) is 5.07. The van der Waals surface area contributed by atoms with E-state index in [1.807, 2.05) is 14.0 Å². The molecule has 4 heteroatoms. The molecule has 0 radical (unpaired) electrons. The van der Waals surface area contributed by atoms with Crippen molar-refractivity contribution in [3.8, 4) is 0 Å². The molecular weight excluding hydrogens is 262 g/mol. The second-order valence-electron chi connectivity index (χ2n) is 6.94. The van der Waals surface area contributed by atoms with Crippen LogP contribution in [0.1, 0.15) is 45.4 Å². The van der Waals surface area contributed by atoms with Crippen LogP contribution < -0.4 is 5.32 Å². The first-order valence-corrected chi connectivity index (χ1v) is 8.86. The van der Waals surface area contributed by atoms with Crippen molar-refractivity contribution < 1.29 is 4.79 Å². The van der Waals surface area contributed by atoms with E-state index in [2.05, 4.69) is 15.1 Å². The van der Waals surface area contributed by atoms with Gasteiger partial charge in [-0.2, -0.15) is 0 Å². The van der Waals surface area contributed by atoms with Crippen LogP contribution in [0, 0.1) is 11.8 Å². The molecule has 1 heterocycles. The van der Waals surface area contributed by atoms with Crippen LogP contribution in [0.3, 0.4) is 0 Å². The molecule has 1 atom stereocenters.